The molecule has 1 aromatic rings. The van der Waals surface area contributed by atoms with Crippen molar-refractivity contribution in [1.29, 1.82) is 0 Å². The van der Waals surface area contributed by atoms with Crippen LogP contribution in [0.2, 0.25) is 5.28 Å². The average molecular weight is 268 g/mol. The van der Waals surface area contributed by atoms with Gasteiger partial charge in [-0.05, 0) is 27.9 Å². The summed E-state index contributed by atoms with van der Waals surface area (Å²) in [6.07, 6.45) is 2.19. The summed E-state index contributed by atoms with van der Waals surface area (Å²) in [5.74, 6) is -0.209. The van der Waals surface area contributed by atoms with Gasteiger partial charge in [0, 0.05) is 11.9 Å². The third-order valence-electron chi connectivity index (χ3n) is 1.43. The summed E-state index contributed by atoms with van der Waals surface area (Å²) < 4.78 is 1.56. The summed E-state index contributed by atoms with van der Waals surface area (Å²) in [5.41, 5.74) is 0. The highest BCUT2D eigenvalue weighted by molar-refractivity contribution is 9.09. The summed E-state index contributed by atoms with van der Waals surface area (Å²) in [7, 11) is 0. The number of halogens is 2. The largest absolute Gasteiger partial charge is 0.383 e. The fraction of sp³-hybridized carbons (Fsp3) is 0.500. The smallest absolute Gasteiger partial charge is 0.358 e. The van der Waals surface area contributed by atoms with Gasteiger partial charge in [-0.1, -0.05) is 15.9 Å². The number of nitrogens with zero attached hydrogens (tertiary/aromatic N) is 3. The molecule has 0 amide bonds. The first-order chi connectivity index (χ1) is 6.15. The molecule has 0 saturated carbocycles. The molecular formula is C6H7BrClN3O2. The molecule has 0 aliphatic rings. The van der Waals surface area contributed by atoms with Crippen molar-refractivity contribution >= 4 is 33.3 Å². The van der Waals surface area contributed by atoms with Gasteiger partial charge in [-0.3, -0.25) is 4.57 Å². The van der Waals surface area contributed by atoms with E-state index in [0.29, 0.717) is 6.54 Å². The van der Waals surface area contributed by atoms with Gasteiger partial charge in [0.25, 0.3) is 0 Å². The monoisotopic (exact) mass is 267 g/mol. The van der Waals surface area contributed by atoms with Gasteiger partial charge in [0.1, 0.15) is 6.20 Å². The fourth-order valence-electron chi connectivity index (χ4n) is 0.855. The molecule has 0 aliphatic carbocycles. The van der Waals surface area contributed by atoms with Crippen molar-refractivity contribution in [3.63, 3.8) is 0 Å². The molecule has 1 heterocycles. The summed E-state index contributed by atoms with van der Waals surface area (Å²) in [4.78, 5) is 13.3. The number of hydrogen-bond acceptors (Lipinski definition) is 3. The SMILES string of the molecule is O=[N+]([O-])c1cn(CCCBr)c(Cl)n1. The van der Waals surface area contributed by atoms with Crippen LogP contribution in [-0.4, -0.2) is 19.8 Å². The number of imidazole rings is 1. The average Bonchev–Trinajstić information content (AvgIpc) is 2.44. The van der Waals surface area contributed by atoms with Crippen LogP contribution in [0.5, 0.6) is 0 Å². The molecule has 0 bridgehead atoms. The Bertz CT molecular complexity index is 315. The van der Waals surface area contributed by atoms with Gasteiger partial charge in [-0.2, -0.15) is 0 Å². The molecule has 0 aromatic carbocycles. The van der Waals surface area contributed by atoms with Gasteiger partial charge in [-0.15, -0.1) is 0 Å². The lowest BCUT2D eigenvalue weighted by Crippen LogP contribution is -1.96. The molecule has 0 atom stereocenters. The van der Waals surface area contributed by atoms with Crippen LogP contribution < -0.4 is 0 Å². The summed E-state index contributed by atoms with van der Waals surface area (Å²) in [6, 6.07) is 0. The lowest BCUT2D eigenvalue weighted by Gasteiger charge is -1.96. The first-order valence-electron chi connectivity index (χ1n) is 3.58. The van der Waals surface area contributed by atoms with E-state index >= 15 is 0 Å². The first-order valence-corrected chi connectivity index (χ1v) is 5.08. The number of nitro groups is 1. The van der Waals surface area contributed by atoms with E-state index in [2.05, 4.69) is 20.9 Å². The second kappa shape index (κ2) is 4.57. The Kier molecular flexibility index (Phi) is 3.68. The van der Waals surface area contributed by atoms with Crippen molar-refractivity contribution in [2.45, 2.75) is 13.0 Å². The molecule has 13 heavy (non-hydrogen) atoms. The Labute approximate surface area is 88.0 Å². The van der Waals surface area contributed by atoms with Gasteiger partial charge >= 0.3 is 11.1 Å². The van der Waals surface area contributed by atoms with E-state index in [9.17, 15) is 10.1 Å². The molecular weight excluding hydrogens is 261 g/mol. The molecule has 0 N–H and O–H groups in total. The van der Waals surface area contributed by atoms with Crippen LogP contribution >= 0.6 is 27.5 Å². The van der Waals surface area contributed by atoms with E-state index in [4.69, 9.17) is 11.6 Å². The van der Waals surface area contributed by atoms with Gasteiger partial charge in [-0.25, -0.2) is 0 Å². The van der Waals surface area contributed by atoms with E-state index in [0.717, 1.165) is 11.8 Å². The number of aromatic nitrogens is 2. The second-order valence-electron chi connectivity index (χ2n) is 2.36. The van der Waals surface area contributed by atoms with Gasteiger partial charge in [0.05, 0.1) is 0 Å². The van der Waals surface area contributed by atoms with E-state index in [-0.39, 0.29) is 11.1 Å². The van der Waals surface area contributed by atoms with Gasteiger partial charge < -0.3 is 10.1 Å². The predicted octanol–water partition coefficient (Wildman–Crippen LogP) is 2.23. The third-order valence-corrected chi connectivity index (χ3v) is 2.30. The van der Waals surface area contributed by atoms with Crippen molar-refractivity contribution in [2.75, 3.05) is 5.33 Å². The van der Waals surface area contributed by atoms with E-state index < -0.39 is 4.92 Å². The Hall–Kier alpha value is -0.620. The van der Waals surface area contributed by atoms with Crippen LogP contribution in [0.4, 0.5) is 5.82 Å². The summed E-state index contributed by atoms with van der Waals surface area (Å²) in [6.45, 7) is 0.630. The molecule has 72 valence electrons. The van der Waals surface area contributed by atoms with Crippen LogP contribution in [0.1, 0.15) is 6.42 Å². The van der Waals surface area contributed by atoms with Crippen LogP contribution in [0, 0.1) is 10.1 Å². The Balaban J connectivity index is 2.77. The molecule has 0 unspecified atom stereocenters. The van der Waals surface area contributed by atoms with Crippen LogP contribution in [0.15, 0.2) is 6.20 Å². The van der Waals surface area contributed by atoms with Crippen molar-refractivity contribution in [3.05, 3.63) is 21.6 Å². The Morgan fingerprint density at radius 1 is 1.77 bits per heavy atom. The highest BCUT2D eigenvalue weighted by Crippen LogP contribution is 2.15. The lowest BCUT2D eigenvalue weighted by atomic mass is 10.5. The van der Waals surface area contributed by atoms with Gasteiger partial charge in [0.2, 0.25) is 0 Å². The molecule has 0 aliphatic heterocycles. The molecule has 1 aromatic heterocycles. The maximum absolute atomic E-state index is 10.3. The molecule has 1 rings (SSSR count). The highest BCUT2D eigenvalue weighted by Gasteiger charge is 2.15. The lowest BCUT2D eigenvalue weighted by molar-refractivity contribution is -0.389. The number of aryl methyl sites for hydroxylation is 1. The summed E-state index contributed by atoms with van der Waals surface area (Å²) >= 11 is 8.91. The Morgan fingerprint density at radius 2 is 2.46 bits per heavy atom. The van der Waals surface area contributed by atoms with Crippen LogP contribution in [0.3, 0.4) is 0 Å². The van der Waals surface area contributed by atoms with Crippen LogP contribution in [0.25, 0.3) is 0 Å². The van der Waals surface area contributed by atoms with E-state index in [1.807, 2.05) is 0 Å². The fourth-order valence-corrected chi connectivity index (χ4v) is 1.33. The number of alkyl halides is 1. The van der Waals surface area contributed by atoms with Crippen molar-refractivity contribution in [2.24, 2.45) is 0 Å². The van der Waals surface area contributed by atoms with E-state index in [1.165, 1.54) is 6.20 Å². The molecule has 5 nitrogen and oxygen atoms in total. The standard InChI is InChI=1S/C6H7BrClN3O2/c7-2-1-3-10-4-5(11(12)13)9-6(10)8/h4H,1-3H2. The topological polar surface area (TPSA) is 61.0 Å². The zero-order valence-electron chi connectivity index (χ0n) is 6.61. The third kappa shape index (κ3) is 2.67. The maximum atomic E-state index is 10.3. The zero-order valence-corrected chi connectivity index (χ0v) is 8.95. The quantitative estimate of drug-likeness (QED) is 0.478. The zero-order chi connectivity index (χ0) is 9.84. The molecule has 0 radical (unpaired) electrons. The minimum absolute atomic E-state index is 0.160. The minimum atomic E-state index is -0.559. The predicted molar refractivity (Wildman–Crippen MR) is 52.3 cm³/mol. The second-order valence-corrected chi connectivity index (χ2v) is 3.49. The van der Waals surface area contributed by atoms with Crippen molar-refractivity contribution < 1.29 is 4.92 Å². The number of hydrogen-bond donors (Lipinski definition) is 0. The Morgan fingerprint density at radius 3 is 2.92 bits per heavy atom. The maximum Gasteiger partial charge on any atom is 0.383 e. The van der Waals surface area contributed by atoms with Crippen molar-refractivity contribution in [3.8, 4) is 0 Å². The summed E-state index contributed by atoms with van der Waals surface area (Å²) in [5, 5.41) is 11.3. The molecule has 7 heteroatoms. The van der Waals surface area contributed by atoms with Crippen LogP contribution in [-0.2, 0) is 6.54 Å². The molecule has 0 fully saturated rings. The molecule has 0 spiro atoms. The normalized spacial score (nSPS) is 10.3. The molecule has 0 saturated heterocycles. The van der Waals surface area contributed by atoms with E-state index in [1.54, 1.807) is 4.57 Å². The minimum Gasteiger partial charge on any atom is -0.358 e. The first kappa shape index (κ1) is 10.5. The number of rotatable bonds is 4. The van der Waals surface area contributed by atoms with Crippen molar-refractivity contribution in [1.82, 2.24) is 9.55 Å². The highest BCUT2D eigenvalue weighted by atomic mass is 79.9. The van der Waals surface area contributed by atoms with Gasteiger partial charge in [0.15, 0.2) is 0 Å².